The number of benzene rings is 1. The Labute approximate surface area is 199 Å². The van der Waals surface area contributed by atoms with Gasteiger partial charge in [-0.1, -0.05) is 25.0 Å². The van der Waals surface area contributed by atoms with Crippen LogP contribution in [0.4, 0.5) is 4.39 Å². The van der Waals surface area contributed by atoms with Crippen molar-refractivity contribution in [1.29, 1.82) is 0 Å². The minimum absolute atomic E-state index is 0.0413. The van der Waals surface area contributed by atoms with Gasteiger partial charge in [-0.3, -0.25) is 14.5 Å². The zero-order chi connectivity index (χ0) is 22.9. The van der Waals surface area contributed by atoms with Crippen LogP contribution >= 0.6 is 11.3 Å². The molecule has 1 saturated heterocycles. The van der Waals surface area contributed by atoms with E-state index in [1.807, 2.05) is 15.9 Å². The molecule has 0 bridgehead atoms. The van der Waals surface area contributed by atoms with Crippen molar-refractivity contribution >= 4 is 23.2 Å². The minimum Gasteiger partial charge on any atom is -0.338 e. The van der Waals surface area contributed by atoms with E-state index >= 15 is 0 Å². The zero-order valence-corrected chi connectivity index (χ0v) is 20.0. The maximum absolute atomic E-state index is 14.0. The first kappa shape index (κ1) is 22.5. The van der Waals surface area contributed by atoms with Gasteiger partial charge in [-0.2, -0.15) is 0 Å². The molecule has 5 nitrogen and oxygen atoms in total. The molecule has 176 valence electrons. The number of carbonyl (C=O) groups excluding carboxylic acids is 2. The summed E-state index contributed by atoms with van der Waals surface area (Å²) < 4.78 is 14.0. The Morgan fingerprint density at radius 3 is 2.70 bits per heavy atom. The van der Waals surface area contributed by atoms with Gasteiger partial charge in [0.1, 0.15) is 5.82 Å². The topological polar surface area (TPSA) is 43.9 Å². The number of amides is 2. The lowest BCUT2D eigenvalue weighted by Crippen LogP contribution is -2.58. The largest absolute Gasteiger partial charge is 0.338 e. The van der Waals surface area contributed by atoms with Gasteiger partial charge in [0.15, 0.2) is 0 Å². The summed E-state index contributed by atoms with van der Waals surface area (Å²) in [5.74, 6) is 0.294. The van der Waals surface area contributed by atoms with Gasteiger partial charge in [0, 0.05) is 43.0 Å². The zero-order valence-electron chi connectivity index (χ0n) is 19.2. The van der Waals surface area contributed by atoms with Crippen molar-refractivity contribution in [3.05, 3.63) is 57.5 Å². The second-order valence-corrected chi connectivity index (χ2v) is 10.7. The molecule has 2 aliphatic heterocycles. The van der Waals surface area contributed by atoms with E-state index < -0.39 is 0 Å². The molecule has 2 amide bonds. The van der Waals surface area contributed by atoms with Crippen LogP contribution in [0.3, 0.4) is 0 Å². The molecule has 0 radical (unpaired) electrons. The highest BCUT2D eigenvalue weighted by Gasteiger charge is 2.36. The summed E-state index contributed by atoms with van der Waals surface area (Å²) in [6.07, 6.45) is 5.22. The number of carbonyl (C=O) groups is 2. The summed E-state index contributed by atoms with van der Waals surface area (Å²) in [6.45, 7) is 4.92. The summed E-state index contributed by atoms with van der Waals surface area (Å²) in [7, 11) is 0. The first-order chi connectivity index (χ1) is 16.0. The molecule has 7 heteroatoms. The van der Waals surface area contributed by atoms with Gasteiger partial charge in [0.25, 0.3) is 0 Å². The van der Waals surface area contributed by atoms with Gasteiger partial charge in [-0.25, -0.2) is 4.39 Å². The molecule has 0 spiro atoms. The molecule has 3 heterocycles. The number of thiophene rings is 1. The Morgan fingerprint density at radius 1 is 1.12 bits per heavy atom. The van der Waals surface area contributed by atoms with E-state index in [1.54, 1.807) is 23.5 Å². The highest BCUT2D eigenvalue weighted by Crippen LogP contribution is 2.38. The Balaban J connectivity index is 1.27. The summed E-state index contributed by atoms with van der Waals surface area (Å²) in [5.41, 5.74) is 2.08. The van der Waals surface area contributed by atoms with Crippen LogP contribution in [0, 0.1) is 11.7 Å². The fourth-order valence-corrected chi connectivity index (χ4v) is 6.70. The number of hydrogen-bond acceptors (Lipinski definition) is 4. The second-order valence-electron chi connectivity index (χ2n) is 9.68. The smallest absolute Gasteiger partial charge is 0.236 e. The van der Waals surface area contributed by atoms with Crippen LogP contribution < -0.4 is 0 Å². The minimum atomic E-state index is -0.252. The van der Waals surface area contributed by atoms with E-state index in [0.29, 0.717) is 26.2 Å². The molecule has 1 aromatic carbocycles. The Morgan fingerprint density at radius 2 is 1.94 bits per heavy atom. The number of halogens is 1. The lowest BCUT2D eigenvalue weighted by Gasteiger charge is -2.42. The van der Waals surface area contributed by atoms with Crippen LogP contribution in [-0.4, -0.2) is 65.3 Å². The van der Waals surface area contributed by atoms with Gasteiger partial charge in [-0.15, -0.1) is 11.3 Å². The number of nitrogens with zero attached hydrogens (tertiary/aromatic N) is 3. The third-order valence-electron chi connectivity index (χ3n) is 7.54. The van der Waals surface area contributed by atoms with Crippen molar-refractivity contribution in [2.75, 3.05) is 32.7 Å². The first-order valence-corrected chi connectivity index (χ1v) is 13.0. The third-order valence-corrected chi connectivity index (χ3v) is 8.53. The molecule has 5 rings (SSSR count). The van der Waals surface area contributed by atoms with Crippen molar-refractivity contribution in [1.82, 2.24) is 14.7 Å². The Bertz CT molecular complexity index is 1020. The average Bonchev–Trinajstić information content (AvgIpc) is 3.50. The predicted octanol–water partition coefficient (Wildman–Crippen LogP) is 4.08. The molecule has 2 aromatic rings. The molecule has 1 aromatic heterocycles. The molecule has 2 unspecified atom stereocenters. The van der Waals surface area contributed by atoms with Crippen molar-refractivity contribution in [2.24, 2.45) is 5.92 Å². The molecule has 0 N–H and O–H groups in total. The van der Waals surface area contributed by atoms with E-state index in [0.717, 1.165) is 44.2 Å². The monoisotopic (exact) mass is 469 g/mol. The van der Waals surface area contributed by atoms with Gasteiger partial charge >= 0.3 is 0 Å². The lowest BCUT2D eigenvalue weighted by molar-refractivity contribution is -0.145. The van der Waals surface area contributed by atoms with E-state index in [4.69, 9.17) is 0 Å². The molecule has 2 atom stereocenters. The fourth-order valence-electron chi connectivity index (χ4n) is 5.80. The van der Waals surface area contributed by atoms with Crippen LogP contribution in [0.15, 0.2) is 35.7 Å². The number of hydrogen-bond donors (Lipinski definition) is 0. The normalized spacial score (nSPS) is 24.2. The van der Waals surface area contributed by atoms with Crippen LogP contribution in [0.5, 0.6) is 0 Å². The first-order valence-electron chi connectivity index (χ1n) is 12.2. The van der Waals surface area contributed by atoms with Gasteiger partial charge in [0.05, 0.1) is 12.6 Å². The van der Waals surface area contributed by atoms with E-state index in [2.05, 4.69) is 23.3 Å². The summed E-state index contributed by atoms with van der Waals surface area (Å²) in [5, 5.41) is 2.09. The van der Waals surface area contributed by atoms with Crippen molar-refractivity contribution in [3.63, 3.8) is 0 Å². The predicted molar refractivity (Wildman–Crippen MR) is 128 cm³/mol. The molecular formula is C26H32FN3O2S. The molecule has 1 saturated carbocycles. The van der Waals surface area contributed by atoms with Crippen LogP contribution in [-0.2, 0) is 16.0 Å². The molecular weight excluding hydrogens is 437 g/mol. The Hall–Kier alpha value is -2.25. The maximum Gasteiger partial charge on any atom is 0.236 e. The maximum atomic E-state index is 14.0. The quantitative estimate of drug-likeness (QED) is 0.678. The summed E-state index contributed by atoms with van der Waals surface area (Å²) in [6, 6.07) is 8.79. The van der Waals surface area contributed by atoms with E-state index in [9.17, 15) is 14.0 Å². The van der Waals surface area contributed by atoms with Crippen molar-refractivity contribution in [2.45, 2.75) is 51.1 Å². The molecule has 33 heavy (non-hydrogen) atoms. The number of piperazine rings is 1. The number of rotatable bonds is 4. The molecule has 3 aliphatic rings. The highest BCUT2D eigenvalue weighted by molar-refractivity contribution is 7.10. The fraction of sp³-hybridized carbons (Fsp3) is 0.538. The van der Waals surface area contributed by atoms with Crippen LogP contribution in [0.1, 0.15) is 54.7 Å². The van der Waals surface area contributed by atoms with Gasteiger partial charge in [-0.05, 0) is 60.9 Å². The van der Waals surface area contributed by atoms with Crippen molar-refractivity contribution in [3.8, 4) is 0 Å². The van der Waals surface area contributed by atoms with Gasteiger partial charge in [0.2, 0.25) is 11.8 Å². The standard InChI is InChI=1S/C26H32FN3O2S/c1-18-16-28(12-13-30(18)26(32)19-5-2-3-6-19)24(31)17-29-11-9-23-22(10-14-33-23)25(29)20-7-4-8-21(27)15-20/h4,7-8,10,14-15,18-19,25H,2-3,5-6,9,11-13,16-17H2,1H3. The lowest BCUT2D eigenvalue weighted by atomic mass is 9.93. The van der Waals surface area contributed by atoms with Crippen LogP contribution in [0.25, 0.3) is 0 Å². The SMILES string of the molecule is CC1CN(C(=O)CN2CCc3sccc3C2c2cccc(F)c2)CCN1C(=O)C1CCCC1. The third kappa shape index (κ3) is 4.58. The Kier molecular flexibility index (Phi) is 6.52. The average molecular weight is 470 g/mol. The van der Waals surface area contributed by atoms with E-state index in [1.165, 1.54) is 16.5 Å². The van der Waals surface area contributed by atoms with Crippen molar-refractivity contribution < 1.29 is 14.0 Å². The highest BCUT2D eigenvalue weighted by atomic mass is 32.1. The van der Waals surface area contributed by atoms with Gasteiger partial charge < -0.3 is 9.80 Å². The molecule has 1 aliphatic carbocycles. The van der Waals surface area contributed by atoms with E-state index in [-0.39, 0.29) is 35.6 Å². The summed E-state index contributed by atoms with van der Waals surface area (Å²) >= 11 is 1.74. The second kappa shape index (κ2) is 9.55. The molecule has 2 fully saturated rings. The summed E-state index contributed by atoms with van der Waals surface area (Å²) in [4.78, 5) is 33.7. The van der Waals surface area contributed by atoms with Crippen LogP contribution in [0.2, 0.25) is 0 Å². The number of fused-ring (bicyclic) bond motifs is 1.